The van der Waals surface area contributed by atoms with E-state index < -0.39 is 0 Å². The van der Waals surface area contributed by atoms with Crippen molar-refractivity contribution in [1.29, 1.82) is 0 Å². The van der Waals surface area contributed by atoms with Gasteiger partial charge in [0.05, 0.1) is 12.3 Å². The molecule has 20 heavy (non-hydrogen) atoms. The van der Waals surface area contributed by atoms with Gasteiger partial charge in [0.25, 0.3) is 0 Å². The number of allylic oxidation sites excluding steroid dienone is 2. The van der Waals surface area contributed by atoms with Crippen LogP contribution in [-0.4, -0.2) is 5.11 Å². The van der Waals surface area contributed by atoms with Crippen LogP contribution in [0.3, 0.4) is 0 Å². The molecule has 1 aromatic rings. The zero-order valence-corrected chi connectivity index (χ0v) is 11.7. The third-order valence-corrected chi connectivity index (χ3v) is 4.90. The van der Waals surface area contributed by atoms with Crippen LogP contribution < -0.4 is 0 Å². The molecule has 1 saturated carbocycles. The SMILES string of the molecule is O=NC1=C(c2ccc(CO)cc2)C(C2CCCC2)CC1. The number of rotatable bonds is 4. The largest absolute Gasteiger partial charge is 0.392 e. The molecule has 0 amide bonds. The Morgan fingerprint density at radius 2 is 1.80 bits per heavy atom. The minimum absolute atomic E-state index is 0.0597. The molecule has 106 valence electrons. The van der Waals surface area contributed by atoms with Crippen LogP contribution in [-0.2, 0) is 6.61 Å². The van der Waals surface area contributed by atoms with Crippen molar-refractivity contribution in [1.82, 2.24) is 0 Å². The van der Waals surface area contributed by atoms with Crippen molar-refractivity contribution in [2.75, 3.05) is 0 Å². The molecule has 0 heterocycles. The Balaban J connectivity index is 1.93. The van der Waals surface area contributed by atoms with Gasteiger partial charge in [-0.05, 0) is 59.4 Å². The van der Waals surface area contributed by atoms with Gasteiger partial charge >= 0.3 is 0 Å². The molecule has 1 aromatic carbocycles. The summed E-state index contributed by atoms with van der Waals surface area (Å²) in [5, 5.41) is 12.4. The second kappa shape index (κ2) is 5.88. The first kappa shape index (κ1) is 13.5. The highest BCUT2D eigenvalue weighted by atomic mass is 16.3. The Hall–Kier alpha value is -1.48. The van der Waals surface area contributed by atoms with Gasteiger partial charge in [-0.25, -0.2) is 0 Å². The first-order valence-corrected chi connectivity index (χ1v) is 7.60. The molecule has 3 nitrogen and oxygen atoms in total. The standard InChI is InChI=1S/C17H21NO2/c19-11-12-5-7-14(8-6-12)17-15(9-10-16(17)18-20)13-3-1-2-4-13/h5-8,13,15,19H,1-4,9-11H2. The average Bonchev–Trinajstić information content (AvgIpc) is 3.15. The zero-order chi connectivity index (χ0) is 13.9. The number of aliphatic hydroxyl groups excluding tert-OH is 1. The zero-order valence-electron chi connectivity index (χ0n) is 11.7. The van der Waals surface area contributed by atoms with E-state index in [9.17, 15) is 4.91 Å². The molecule has 3 rings (SSSR count). The lowest BCUT2D eigenvalue weighted by atomic mass is 9.82. The molecule has 1 N–H and O–H groups in total. The van der Waals surface area contributed by atoms with Gasteiger partial charge < -0.3 is 5.11 Å². The van der Waals surface area contributed by atoms with Crippen LogP contribution in [0.4, 0.5) is 0 Å². The highest BCUT2D eigenvalue weighted by Crippen LogP contribution is 2.48. The summed E-state index contributed by atoms with van der Waals surface area (Å²) < 4.78 is 0. The maximum Gasteiger partial charge on any atom is 0.0889 e. The molecule has 3 heteroatoms. The fraction of sp³-hybridized carbons (Fsp3) is 0.529. The van der Waals surface area contributed by atoms with Crippen LogP contribution in [0.5, 0.6) is 0 Å². The van der Waals surface area contributed by atoms with Crippen molar-refractivity contribution >= 4 is 5.57 Å². The quantitative estimate of drug-likeness (QED) is 0.832. The molecule has 2 aliphatic rings. The van der Waals surface area contributed by atoms with Gasteiger partial charge in [0, 0.05) is 0 Å². The molecule has 0 bridgehead atoms. The van der Waals surface area contributed by atoms with Crippen molar-refractivity contribution in [2.24, 2.45) is 17.0 Å². The Labute approximate surface area is 119 Å². The molecule has 1 atom stereocenters. The van der Waals surface area contributed by atoms with Crippen molar-refractivity contribution in [2.45, 2.75) is 45.1 Å². The molecular formula is C17H21NO2. The molecule has 0 aliphatic heterocycles. The number of nitroso groups, excluding NO2 is 1. The number of hydrogen-bond donors (Lipinski definition) is 1. The predicted molar refractivity (Wildman–Crippen MR) is 79.8 cm³/mol. The maximum atomic E-state index is 11.1. The summed E-state index contributed by atoms with van der Waals surface area (Å²) in [4.78, 5) is 11.1. The molecule has 0 saturated heterocycles. The van der Waals surface area contributed by atoms with Gasteiger partial charge in [0.2, 0.25) is 0 Å². The van der Waals surface area contributed by atoms with Gasteiger partial charge in [0.15, 0.2) is 0 Å². The Morgan fingerprint density at radius 3 is 2.40 bits per heavy atom. The predicted octanol–water partition coefficient (Wildman–Crippen LogP) is 4.26. The van der Waals surface area contributed by atoms with E-state index in [0.717, 1.165) is 35.6 Å². The van der Waals surface area contributed by atoms with E-state index in [1.807, 2.05) is 24.3 Å². The van der Waals surface area contributed by atoms with Crippen molar-refractivity contribution in [3.8, 4) is 0 Å². The minimum atomic E-state index is 0.0597. The fourth-order valence-corrected chi connectivity index (χ4v) is 3.88. The molecule has 0 radical (unpaired) electrons. The third kappa shape index (κ3) is 2.42. The van der Waals surface area contributed by atoms with Crippen LogP contribution in [0.15, 0.2) is 35.1 Å². The molecule has 1 fully saturated rings. The van der Waals surface area contributed by atoms with E-state index in [4.69, 9.17) is 5.11 Å². The summed E-state index contributed by atoms with van der Waals surface area (Å²) in [6.45, 7) is 0.0597. The summed E-state index contributed by atoms with van der Waals surface area (Å²) >= 11 is 0. The fourth-order valence-electron chi connectivity index (χ4n) is 3.88. The van der Waals surface area contributed by atoms with Crippen LogP contribution in [0.2, 0.25) is 0 Å². The molecule has 0 spiro atoms. The van der Waals surface area contributed by atoms with Crippen LogP contribution in [0, 0.1) is 16.7 Å². The van der Waals surface area contributed by atoms with E-state index in [0.29, 0.717) is 5.92 Å². The molecule has 0 aromatic heterocycles. The lowest BCUT2D eigenvalue weighted by molar-refractivity contribution is 0.282. The lowest BCUT2D eigenvalue weighted by Crippen LogP contribution is -2.10. The maximum absolute atomic E-state index is 11.1. The summed E-state index contributed by atoms with van der Waals surface area (Å²) in [5.74, 6) is 1.23. The summed E-state index contributed by atoms with van der Waals surface area (Å²) in [7, 11) is 0. The van der Waals surface area contributed by atoms with Crippen LogP contribution in [0.1, 0.15) is 49.7 Å². The Kier molecular flexibility index (Phi) is 3.97. The third-order valence-electron chi connectivity index (χ3n) is 4.90. The average molecular weight is 271 g/mol. The molecular weight excluding hydrogens is 250 g/mol. The highest BCUT2D eigenvalue weighted by molar-refractivity contribution is 5.72. The monoisotopic (exact) mass is 271 g/mol. The summed E-state index contributed by atoms with van der Waals surface area (Å²) in [6, 6.07) is 7.93. The normalized spacial score (nSPS) is 23.6. The van der Waals surface area contributed by atoms with E-state index in [-0.39, 0.29) is 6.61 Å². The Bertz CT molecular complexity index is 512. The van der Waals surface area contributed by atoms with E-state index in [2.05, 4.69) is 5.18 Å². The lowest BCUT2D eigenvalue weighted by Gasteiger charge is -2.22. The van der Waals surface area contributed by atoms with Crippen LogP contribution in [0.25, 0.3) is 5.57 Å². The van der Waals surface area contributed by atoms with Crippen molar-refractivity contribution in [3.63, 3.8) is 0 Å². The molecule has 1 unspecified atom stereocenters. The second-order valence-electron chi connectivity index (χ2n) is 6.00. The van der Waals surface area contributed by atoms with E-state index in [1.165, 1.54) is 31.3 Å². The van der Waals surface area contributed by atoms with Crippen LogP contribution >= 0.6 is 0 Å². The van der Waals surface area contributed by atoms with Gasteiger partial charge in [-0.15, -0.1) is 4.91 Å². The number of benzene rings is 1. The molecule has 2 aliphatic carbocycles. The van der Waals surface area contributed by atoms with E-state index >= 15 is 0 Å². The van der Waals surface area contributed by atoms with E-state index in [1.54, 1.807) is 0 Å². The highest BCUT2D eigenvalue weighted by Gasteiger charge is 2.34. The van der Waals surface area contributed by atoms with Gasteiger partial charge in [-0.3, -0.25) is 0 Å². The van der Waals surface area contributed by atoms with Gasteiger partial charge in [0.1, 0.15) is 0 Å². The smallest absolute Gasteiger partial charge is 0.0889 e. The van der Waals surface area contributed by atoms with Gasteiger partial charge in [-0.1, -0.05) is 37.1 Å². The first-order chi connectivity index (χ1) is 9.83. The second-order valence-corrected chi connectivity index (χ2v) is 6.00. The number of aliphatic hydroxyl groups is 1. The minimum Gasteiger partial charge on any atom is -0.392 e. The number of hydrogen-bond acceptors (Lipinski definition) is 3. The first-order valence-electron chi connectivity index (χ1n) is 7.60. The van der Waals surface area contributed by atoms with Gasteiger partial charge in [-0.2, -0.15) is 0 Å². The van der Waals surface area contributed by atoms with Crippen molar-refractivity contribution < 1.29 is 5.11 Å². The van der Waals surface area contributed by atoms with Crippen molar-refractivity contribution in [3.05, 3.63) is 46.0 Å². The summed E-state index contributed by atoms with van der Waals surface area (Å²) in [5.41, 5.74) is 3.95. The summed E-state index contributed by atoms with van der Waals surface area (Å²) in [6.07, 6.45) is 7.11. The number of nitrogens with zero attached hydrogens (tertiary/aromatic N) is 1. The Morgan fingerprint density at radius 1 is 1.10 bits per heavy atom. The topological polar surface area (TPSA) is 49.7 Å².